The fourth-order valence-electron chi connectivity index (χ4n) is 2.37. The highest BCUT2D eigenvalue weighted by atomic mass is 16.6. The maximum atomic E-state index is 12.2. The number of fused-ring (bicyclic) bond motifs is 1. The van der Waals surface area contributed by atoms with E-state index in [1.54, 1.807) is 41.1 Å². The van der Waals surface area contributed by atoms with E-state index < -0.39 is 4.92 Å². The van der Waals surface area contributed by atoms with Crippen molar-refractivity contribution in [2.75, 3.05) is 0 Å². The van der Waals surface area contributed by atoms with E-state index in [9.17, 15) is 14.9 Å². The van der Waals surface area contributed by atoms with Crippen LogP contribution in [0.3, 0.4) is 0 Å². The van der Waals surface area contributed by atoms with Crippen molar-refractivity contribution < 1.29 is 9.72 Å². The third-order valence-electron chi connectivity index (χ3n) is 3.40. The van der Waals surface area contributed by atoms with Crippen LogP contribution in [-0.2, 0) is 6.54 Å². The highest BCUT2D eigenvalue weighted by molar-refractivity contribution is 5.97. The summed E-state index contributed by atoms with van der Waals surface area (Å²) in [5.74, 6) is -0.0281. The minimum absolute atomic E-state index is 0.0281. The molecule has 5 nitrogen and oxygen atoms in total. The molecule has 3 rings (SSSR count). The fraction of sp³-hybridized carbons (Fsp3) is 0.0625. The normalized spacial score (nSPS) is 10.7. The summed E-state index contributed by atoms with van der Waals surface area (Å²) in [6, 6.07) is 15.5. The first-order valence-corrected chi connectivity index (χ1v) is 6.47. The van der Waals surface area contributed by atoms with Gasteiger partial charge in [0.05, 0.1) is 22.4 Å². The number of nitro benzene ring substituents is 1. The molecule has 1 aromatic heterocycles. The minimum atomic E-state index is -0.411. The first-order valence-electron chi connectivity index (χ1n) is 6.47. The standard InChI is InChI=1S/C16H12N2O3/c19-16(12-5-2-1-3-6-12)11-17-10-9-13-14(17)7-4-8-15(13)18(20)21/h1-10H,11H2. The van der Waals surface area contributed by atoms with Gasteiger partial charge in [-0.1, -0.05) is 36.4 Å². The molecule has 5 heteroatoms. The molecule has 0 fully saturated rings. The summed E-state index contributed by atoms with van der Waals surface area (Å²) in [6.07, 6.45) is 1.71. The topological polar surface area (TPSA) is 65.1 Å². The summed E-state index contributed by atoms with van der Waals surface area (Å²) in [4.78, 5) is 22.8. The van der Waals surface area contributed by atoms with Gasteiger partial charge in [-0.05, 0) is 12.1 Å². The lowest BCUT2D eigenvalue weighted by atomic mass is 10.1. The third-order valence-corrected chi connectivity index (χ3v) is 3.40. The smallest absolute Gasteiger partial charge is 0.278 e. The quantitative estimate of drug-likeness (QED) is 0.418. The van der Waals surface area contributed by atoms with Gasteiger partial charge >= 0.3 is 0 Å². The summed E-state index contributed by atoms with van der Waals surface area (Å²) in [7, 11) is 0. The molecule has 0 aliphatic carbocycles. The van der Waals surface area contributed by atoms with Crippen molar-refractivity contribution in [3.8, 4) is 0 Å². The van der Waals surface area contributed by atoms with E-state index >= 15 is 0 Å². The molecular weight excluding hydrogens is 268 g/mol. The second-order valence-electron chi connectivity index (χ2n) is 4.70. The highest BCUT2D eigenvalue weighted by Crippen LogP contribution is 2.26. The van der Waals surface area contributed by atoms with Crippen LogP contribution in [0.4, 0.5) is 5.69 Å². The van der Waals surface area contributed by atoms with Crippen LogP contribution in [0.15, 0.2) is 60.8 Å². The molecule has 0 amide bonds. The van der Waals surface area contributed by atoms with E-state index in [1.165, 1.54) is 6.07 Å². The molecule has 0 aliphatic rings. The van der Waals surface area contributed by atoms with Gasteiger partial charge in [0, 0.05) is 17.8 Å². The Morgan fingerprint density at radius 1 is 1.05 bits per heavy atom. The number of hydrogen-bond acceptors (Lipinski definition) is 3. The number of non-ortho nitro benzene ring substituents is 1. The molecule has 0 spiro atoms. The number of hydrogen-bond donors (Lipinski definition) is 0. The molecule has 0 radical (unpaired) electrons. The Kier molecular flexibility index (Phi) is 3.23. The first kappa shape index (κ1) is 13.1. The predicted octanol–water partition coefficient (Wildman–Crippen LogP) is 3.43. The monoisotopic (exact) mass is 280 g/mol. The van der Waals surface area contributed by atoms with Gasteiger partial charge in [0.1, 0.15) is 0 Å². The minimum Gasteiger partial charge on any atom is -0.339 e. The molecule has 1 heterocycles. The Balaban J connectivity index is 1.97. The molecule has 0 N–H and O–H groups in total. The maximum Gasteiger partial charge on any atom is 0.278 e. The van der Waals surface area contributed by atoms with Crippen molar-refractivity contribution in [3.63, 3.8) is 0 Å². The maximum absolute atomic E-state index is 12.2. The van der Waals surface area contributed by atoms with Gasteiger partial charge in [0.2, 0.25) is 0 Å². The number of carbonyl (C=O) groups excluding carboxylic acids is 1. The number of nitro groups is 1. The van der Waals surface area contributed by atoms with Gasteiger partial charge in [-0.3, -0.25) is 14.9 Å². The highest BCUT2D eigenvalue weighted by Gasteiger charge is 2.15. The SMILES string of the molecule is O=C(Cn1ccc2c([N+](=O)[O-])cccc21)c1ccccc1. The average molecular weight is 280 g/mol. The Bertz CT molecular complexity index is 822. The van der Waals surface area contributed by atoms with Crippen molar-refractivity contribution >= 4 is 22.4 Å². The van der Waals surface area contributed by atoms with Crippen LogP contribution < -0.4 is 0 Å². The molecule has 21 heavy (non-hydrogen) atoms. The fourth-order valence-corrected chi connectivity index (χ4v) is 2.37. The largest absolute Gasteiger partial charge is 0.339 e. The zero-order valence-corrected chi connectivity index (χ0v) is 11.1. The lowest BCUT2D eigenvalue weighted by Crippen LogP contribution is -2.09. The molecule has 0 saturated carbocycles. The first-order chi connectivity index (χ1) is 10.2. The van der Waals surface area contributed by atoms with Crippen molar-refractivity contribution in [2.45, 2.75) is 6.54 Å². The van der Waals surface area contributed by atoms with Crippen molar-refractivity contribution in [1.29, 1.82) is 0 Å². The third kappa shape index (κ3) is 2.41. The molecule has 104 valence electrons. The Morgan fingerprint density at radius 2 is 1.81 bits per heavy atom. The van der Waals surface area contributed by atoms with E-state index in [-0.39, 0.29) is 18.0 Å². The van der Waals surface area contributed by atoms with E-state index in [0.717, 1.165) is 0 Å². The van der Waals surface area contributed by atoms with Gasteiger partial charge in [0.15, 0.2) is 5.78 Å². The Labute approximate surface area is 120 Å². The lowest BCUT2D eigenvalue weighted by Gasteiger charge is -2.05. The van der Waals surface area contributed by atoms with Gasteiger partial charge in [-0.25, -0.2) is 0 Å². The number of carbonyl (C=O) groups is 1. The van der Waals surface area contributed by atoms with E-state index in [0.29, 0.717) is 16.5 Å². The van der Waals surface area contributed by atoms with Crippen LogP contribution in [0.2, 0.25) is 0 Å². The van der Waals surface area contributed by atoms with Crippen LogP contribution in [0.5, 0.6) is 0 Å². The molecule has 0 saturated heterocycles. The van der Waals surface area contributed by atoms with Crippen molar-refractivity contribution in [3.05, 3.63) is 76.5 Å². The van der Waals surface area contributed by atoms with Crippen LogP contribution >= 0.6 is 0 Å². The number of Topliss-reactive ketones (excluding diaryl/α,β-unsaturated/α-hetero) is 1. The summed E-state index contributed by atoms with van der Waals surface area (Å²) in [6.45, 7) is 0.161. The number of aromatic nitrogens is 1. The summed E-state index contributed by atoms with van der Waals surface area (Å²) < 4.78 is 1.73. The zero-order valence-electron chi connectivity index (χ0n) is 11.1. The second kappa shape index (κ2) is 5.20. The zero-order chi connectivity index (χ0) is 14.8. The number of benzene rings is 2. The number of ketones is 1. The summed E-state index contributed by atoms with van der Waals surface area (Å²) >= 11 is 0. The van der Waals surface area contributed by atoms with Gasteiger partial charge in [-0.15, -0.1) is 0 Å². The van der Waals surface area contributed by atoms with Gasteiger partial charge < -0.3 is 4.57 Å². The van der Waals surface area contributed by atoms with Crippen LogP contribution in [0.1, 0.15) is 10.4 Å². The van der Waals surface area contributed by atoms with Crippen LogP contribution in [0, 0.1) is 10.1 Å². The molecule has 3 aromatic rings. The molecule has 2 aromatic carbocycles. The number of nitrogens with zero attached hydrogens (tertiary/aromatic N) is 2. The molecule has 0 atom stereocenters. The van der Waals surface area contributed by atoms with Crippen molar-refractivity contribution in [1.82, 2.24) is 4.57 Å². The van der Waals surface area contributed by atoms with E-state index in [4.69, 9.17) is 0 Å². The Hall–Kier alpha value is -2.95. The summed E-state index contributed by atoms with van der Waals surface area (Å²) in [5.41, 5.74) is 1.37. The van der Waals surface area contributed by atoms with Crippen molar-refractivity contribution in [2.24, 2.45) is 0 Å². The Morgan fingerprint density at radius 3 is 2.52 bits per heavy atom. The van der Waals surface area contributed by atoms with E-state index in [1.807, 2.05) is 18.2 Å². The van der Waals surface area contributed by atoms with Crippen LogP contribution in [0.25, 0.3) is 10.9 Å². The lowest BCUT2D eigenvalue weighted by molar-refractivity contribution is -0.383. The molecule has 0 bridgehead atoms. The van der Waals surface area contributed by atoms with Gasteiger partial charge in [0.25, 0.3) is 5.69 Å². The average Bonchev–Trinajstić information content (AvgIpc) is 2.91. The van der Waals surface area contributed by atoms with Crippen LogP contribution in [-0.4, -0.2) is 15.3 Å². The molecular formula is C16H12N2O3. The predicted molar refractivity (Wildman–Crippen MR) is 79.4 cm³/mol. The molecule has 0 unspecified atom stereocenters. The molecule has 0 aliphatic heterocycles. The van der Waals surface area contributed by atoms with Gasteiger partial charge in [-0.2, -0.15) is 0 Å². The number of rotatable bonds is 4. The second-order valence-corrected chi connectivity index (χ2v) is 4.70. The summed E-state index contributed by atoms with van der Waals surface area (Å²) in [5, 5.41) is 11.5. The van der Waals surface area contributed by atoms with E-state index in [2.05, 4.69) is 0 Å².